The lowest BCUT2D eigenvalue weighted by Crippen LogP contribution is -1.94. The van der Waals surface area contributed by atoms with E-state index in [9.17, 15) is 8.42 Å². The lowest BCUT2D eigenvalue weighted by Gasteiger charge is -1.98. The van der Waals surface area contributed by atoms with E-state index in [0.29, 0.717) is 5.56 Å². The Balaban J connectivity index is 2.51. The van der Waals surface area contributed by atoms with Gasteiger partial charge in [-0.15, -0.1) is 0 Å². The minimum atomic E-state index is -3.50. The Bertz CT molecular complexity index is 604. The van der Waals surface area contributed by atoms with Crippen LogP contribution in [0.1, 0.15) is 11.3 Å². The summed E-state index contributed by atoms with van der Waals surface area (Å²) in [7, 11) is 1.68. The smallest absolute Gasteiger partial charge is 0.236 e. The number of H-pyrrole nitrogens is 1. The van der Waals surface area contributed by atoms with Crippen LogP contribution >= 0.6 is 10.7 Å². The van der Waals surface area contributed by atoms with Crippen LogP contribution in [-0.4, -0.2) is 18.6 Å². The quantitative estimate of drug-likeness (QED) is 0.822. The molecule has 2 rings (SSSR count). The van der Waals surface area contributed by atoms with Gasteiger partial charge in [0.05, 0.1) is 11.3 Å². The molecule has 15 heavy (non-hydrogen) atoms. The Morgan fingerprint density at radius 3 is 2.87 bits per heavy atom. The maximum atomic E-state index is 10.9. The number of aromatic amines is 1. The summed E-state index contributed by atoms with van der Waals surface area (Å²) in [6, 6.07) is 5.27. The van der Waals surface area contributed by atoms with Gasteiger partial charge in [0.1, 0.15) is 0 Å². The van der Waals surface area contributed by atoms with Crippen LogP contribution in [0.4, 0.5) is 0 Å². The number of rotatable bonds is 2. The van der Waals surface area contributed by atoms with Gasteiger partial charge in [0.25, 0.3) is 0 Å². The second kappa shape index (κ2) is 3.50. The lowest BCUT2D eigenvalue weighted by atomic mass is 10.1. The van der Waals surface area contributed by atoms with Crippen molar-refractivity contribution in [3.63, 3.8) is 0 Å². The molecule has 0 saturated heterocycles. The van der Waals surface area contributed by atoms with E-state index in [1.807, 2.05) is 6.92 Å². The summed E-state index contributed by atoms with van der Waals surface area (Å²) in [6.07, 6.45) is 0. The van der Waals surface area contributed by atoms with Crippen LogP contribution in [0.15, 0.2) is 18.2 Å². The molecule has 0 spiro atoms. The third-order valence-corrected chi connectivity index (χ3v) is 3.15. The first-order valence-electron chi connectivity index (χ1n) is 4.32. The van der Waals surface area contributed by atoms with Crippen LogP contribution < -0.4 is 0 Å². The minimum Gasteiger partial charge on any atom is -0.282 e. The van der Waals surface area contributed by atoms with Gasteiger partial charge in [-0.05, 0) is 24.6 Å². The Kier molecular flexibility index (Phi) is 2.44. The second-order valence-electron chi connectivity index (χ2n) is 3.38. The van der Waals surface area contributed by atoms with Gasteiger partial charge < -0.3 is 0 Å². The van der Waals surface area contributed by atoms with Crippen molar-refractivity contribution >= 4 is 30.6 Å². The Labute approximate surface area is 91.7 Å². The average Bonchev–Trinajstić information content (AvgIpc) is 2.45. The summed E-state index contributed by atoms with van der Waals surface area (Å²) in [5, 5.41) is 7.81. The standard InChI is InChI=1S/C9H9ClN2O2S/c1-6-8-4-7(5-15(10,13)14)2-3-9(8)12-11-6/h2-4H,5H2,1H3,(H,11,12). The number of halogens is 1. The van der Waals surface area contributed by atoms with E-state index in [1.165, 1.54) is 0 Å². The van der Waals surface area contributed by atoms with Crippen molar-refractivity contribution in [2.45, 2.75) is 12.7 Å². The Morgan fingerprint density at radius 1 is 1.47 bits per heavy atom. The maximum absolute atomic E-state index is 10.9. The Hall–Kier alpha value is -1.07. The zero-order valence-electron chi connectivity index (χ0n) is 7.99. The molecule has 1 heterocycles. The molecule has 1 N–H and O–H groups in total. The highest BCUT2D eigenvalue weighted by Crippen LogP contribution is 2.19. The number of hydrogen-bond acceptors (Lipinski definition) is 3. The highest BCUT2D eigenvalue weighted by Gasteiger charge is 2.09. The lowest BCUT2D eigenvalue weighted by molar-refractivity contribution is 0.609. The Morgan fingerprint density at radius 2 is 2.20 bits per heavy atom. The molecule has 0 bridgehead atoms. The van der Waals surface area contributed by atoms with Gasteiger partial charge in [0, 0.05) is 21.8 Å². The van der Waals surface area contributed by atoms with Crippen LogP contribution in [0.5, 0.6) is 0 Å². The van der Waals surface area contributed by atoms with Gasteiger partial charge in [0.15, 0.2) is 0 Å². The molecule has 2 aromatic rings. The molecule has 0 aliphatic rings. The second-order valence-corrected chi connectivity index (χ2v) is 6.16. The first-order valence-corrected chi connectivity index (χ1v) is 6.79. The van der Waals surface area contributed by atoms with Crippen LogP contribution in [0.25, 0.3) is 10.9 Å². The van der Waals surface area contributed by atoms with Crippen molar-refractivity contribution in [2.24, 2.45) is 0 Å². The minimum absolute atomic E-state index is 0.158. The molecule has 0 saturated carbocycles. The zero-order valence-corrected chi connectivity index (χ0v) is 9.56. The summed E-state index contributed by atoms with van der Waals surface area (Å²) in [5.41, 5.74) is 2.41. The van der Waals surface area contributed by atoms with E-state index in [0.717, 1.165) is 16.6 Å². The molecule has 1 aromatic heterocycles. The summed E-state index contributed by atoms with van der Waals surface area (Å²) >= 11 is 0. The fraction of sp³-hybridized carbons (Fsp3) is 0.222. The molecular formula is C9H9ClN2O2S. The van der Waals surface area contributed by atoms with Crippen LogP contribution in [0.2, 0.25) is 0 Å². The van der Waals surface area contributed by atoms with Gasteiger partial charge in [-0.2, -0.15) is 5.10 Å². The number of nitrogens with one attached hydrogen (secondary N) is 1. The first-order chi connectivity index (χ1) is 6.96. The van der Waals surface area contributed by atoms with Crippen LogP contribution in [0.3, 0.4) is 0 Å². The molecule has 0 atom stereocenters. The summed E-state index contributed by atoms with van der Waals surface area (Å²) in [5.74, 6) is -0.158. The summed E-state index contributed by atoms with van der Waals surface area (Å²) in [4.78, 5) is 0. The molecule has 4 nitrogen and oxygen atoms in total. The molecule has 0 aliphatic carbocycles. The van der Waals surface area contributed by atoms with Gasteiger partial charge in [-0.1, -0.05) is 6.07 Å². The molecule has 80 valence electrons. The highest BCUT2D eigenvalue weighted by molar-refractivity contribution is 8.13. The van der Waals surface area contributed by atoms with Crippen molar-refractivity contribution in [3.8, 4) is 0 Å². The number of hydrogen-bond donors (Lipinski definition) is 1. The third-order valence-electron chi connectivity index (χ3n) is 2.15. The fourth-order valence-corrected chi connectivity index (χ4v) is 2.43. The normalized spacial score (nSPS) is 12.1. The monoisotopic (exact) mass is 244 g/mol. The number of fused-ring (bicyclic) bond motifs is 1. The van der Waals surface area contributed by atoms with E-state index in [1.54, 1.807) is 18.2 Å². The number of aryl methyl sites for hydroxylation is 1. The molecule has 0 radical (unpaired) electrons. The fourth-order valence-electron chi connectivity index (χ4n) is 1.47. The van der Waals surface area contributed by atoms with Crippen LogP contribution in [-0.2, 0) is 14.8 Å². The topological polar surface area (TPSA) is 62.8 Å². The van der Waals surface area contributed by atoms with E-state index >= 15 is 0 Å². The summed E-state index contributed by atoms with van der Waals surface area (Å²) < 4.78 is 21.8. The van der Waals surface area contributed by atoms with Gasteiger partial charge in [0.2, 0.25) is 9.05 Å². The summed E-state index contributed by atoms with van der Waals surface area (Å²) in [6.45, 7) is 1.88. The predicted molar refractivity (Wildman–Crippen MR) is 59.3 cm³/mol. The van der Waals surface area contributed by atoms with E-state index in [2.05, 4.69) is 10.2 Å². The number of aromatic nitrogens is 2. The predicted octanol–water partition coefficient (Wildman–Crippen LogP) is 1.94. The number of benzene rings is 1. The molecule has 0 aliphatic heterocycles. The zero-order chi connectivity index (χ0) is 11.1. The van der Waals surface area contributed by atoms with Crippen molar-refractivity contribution in [3.05, 3.63) is 29.5 Å². The van der Waals surface area contributed by atoms with E-state index in [-0.39, 0.29) is 5.75 Å². The average molecular weight is 245 g/mol. The molecule has 6 heteroatoms. The van der Waals surface area contributed by atoms with Crippen molar-refractivity contribution in [2.75, 3.05) is 0 Å². The molecule has 0 amide bonds. The van der Waals surface area contributed by atoms with Crippen molar-refractivity contribution in [1.29, 1.82) is 0 Å². The third kappa shape index (κ3) is 2.30. The molecule has 1 aromatic carbocycles. The first kappa shape index (κ1) is 10.4. The van der Waals surface area contributed by atoms with Crippen LogP contribution in [0, 0.1) is 6.92 Å². The SMILES string of the molecule is Cc1[nH]nc2ccc(CS(=O)(=O)Cl)cc12. The van der Waals surface area contributed by atoms with E-state index in [4.69, 9.17) is 10.7 Å². The highest BCUT2D eigenvalue weighted by atomic mass is 35.7. The molecule has 0 fully saturated rings. The largest absolute Gasteiger partial charge is 0.282 e. The van der Waals surface area contributed by atoms with E-state index < -0.39 is 9.05 Å². The van der Waals surface area contributed by atoms with Gasteiger partial charge >= 0.3 is 0 Å². The molecule has 0 unspecified atom stereocenters. The number of nitrogens with zero attached hydrogens (tertiary/aromatic N) is 1. The molecular weight excluding hydrogens is 236 g/mol. The maximum Gasteiger partial charge on any atom is 0.236 e. The van der Waals surface area contributed by atoms with Gasteiger partial charge in [-0.25, -0.2) is 8.42 Å². The van der Waals surface area contributed by atoms with Gasteiger partial charge in [-0.3, -0.25) is 5.10 Å². The van der Waals surface area contributed by atoms with Crippen molar-refractivity contribution in [1.82, 2.24) is 10.2 Å². The van der Waals surface area contributed by atoms with Crippen molar-refractivity contribution < 1.29 is 8.42 Å².